The van der Waals surface area contributed by atoms with Crippen molar-refractivity contribution in [1.82, 2.24) is 0 Å². The van der Waals surface area contributed by atoms with Crippen molar-refractivity contribution in [2.24, 2.45) is 4.99 Å². The molecule has 0 amide bonds. The minimum absolute atomic E-state index is 0.153. The molecule has 0 radical (unpaired) electrons. The molecule has 1 aliphatic heterocycles. The van der Waals surface area contributed by atoms with E-state index in [0.717, 1.165) is 6.42 Å². The molecule has 0 aromatic rings. The molecule has 10 heavy (non-hydrogen) atoms. The van der Waals surface area contributed by atoms with Crippen LogP contribution in [0.4, 0.5) is 0 Å². The number of hydrogen-bond acceptors (Lipinski definition) is 3. The van der Waals surface area contributed by atoms with Gasteiger partial charge in [-0.25, -0.2) is 0 Å². The van der Waals surface area contributed by atoms with Gasteiger partial charge in [-0.05, 0) is 6.42 Å². The van der Waals surface area contributed by atoms with Gasteiger partial charge in [0.2, 0.25) is 0 Å². The molecule has 3 heteroatoms. The van der Waals surface area contributed by atoms with Gasteiger partial charge in [0.1, 0.15) is 0 Å². The highest BCUT2D eigenvalue weighted by atomic mass is 32.2. The molecule has 0 aliphatic carbocycles. The summed E-state index contributed by atoms with van der Waals surface area (Å²) in [6, 6.07) is 0.153. The quantitative estimate of drug-likeness (QED) is 0.658. The first kappa shape index (κ1) is 8.08. The molecule has 1 aliphatic rings. The summed E-state index contributed by atoms with van der Waals surface area (Å²) in [5.41, 5.74) is 0. The topological polar surface area (TPSA) is 32.6 Å². The van der Waals surface area contributed by atoms with Gasteiger partial charge in [-0.15, -0.1) is 11.8 Å². The SMILES string of the molecule is CCC1=NC(CO)C(C)S1. The minimum Gasteiger partial charge on any atom is -0.394 e. The predicted octanol–water partition coefficient (Wildman–Crippen LogP) is 1.29. The number of aliphatic hydroxyl groups is 1. The van der Waals surface area contributed by atoms with E-state index in [1.54, 1.807) is 11.8 Å². The molecule has 1 heterocycles. The van der Waals surface area contributed by atoms with Crippen LogP contribution in [-0.4, -0.2) is 28.0 Å². The maximum Gasteiger partial charge on any atom is 0.0859 e. The standard InChI is InChI=1S/C7H13NOS/c1-3-7-8-6(4-9)5(2)10-7/h5-6,9H,3-4H2,1-2H3. The number of aliphatic hydroxyl groups excluding tert-OH is 1. The zero-order valence-electron chi connectivity index (χ0n) is 6.37. The van der Waals surface area contributed by atoms with E-state index in [1.165, 1.54) is 5.04 Å². The second kappa shape index (κ2) is 3.39. The van der Waals surface area contributed by atoms with Crippen molar-refractivity contribution in [3.05, 3.63) is 0 Å². The van der Waals surface area contributed by atoms with Crippen LogP contribution in [0.3, 0.4) is 0 Å². The van der Waals surface area contributed by atoms with Crippen LogP contribution in [0.25, 0.3) is 0 Å². The third-order valence-corrected chi connectivity index (χ3v) is 3.02. The number of thioether (sulfide) groups is 1. The van der Waals surface area contributed by atoms with Gasteiger partial charge < -0.3 is 5.11 Å². The van der Waals surface area contributed by atoms with E-state index in [0.29, 0.717) is 5.25 Å². The largest absolute Gasteiger partial charge is 0.394 e. The van der Waals surface area contributed by atoms with Gasteiger partial charge in [-0.2, -0.15) is 0 Å². The molecule has 2 nitrogen and oxygen atoms in total. The van der Waals surface area contributed by atoms with Crippen molar-refractivity contribution in [3.8, 4) is 0 Å². The van der Waals surface area contributed by atoms with Crippen LogP contribution in [0.15, 0.2) is 4.99 Å². The fourth-order valence-corrected chi connectivity index (χ4v) is 2.07. The van der Waals surface area contributed by atoms with Crippen molar-refractivity contribution in [3.63, 3.8) is 0 Å². The van der Waals surface area contributed by atoms with E-state index in [9.17, 15) is 0 Å². The summed E-state index contributed by atoms with van der Waals surface area (Å²) in [6.07, 6.45) is 1.01. The lowest BCUT2D eigenvalue weighted by Gasteiger charge is -2.06. The minimum atomic E-state index is 0.153. The van der Waals surface area contributed by atoms with Gasteiger partial charge in [-0.3, -0.25) is 4.99 Å². The molecule has 0 fully saturated rings. The van der Waals surface area contributed by atoms with E-state index in [-0.39, 0.29) is 12.6 Å². The Morgan fingerprint density at radius 1 is 1.70 bits per heavy atom. The molecule has 58 valence electrons. The van der Waals surface area contributed by atoms with Crippen molar-refractivity contribution in [1.29, 1.82) is 0 Å². The maximum absolute atomic E-state index is 8.83. The summed E-state index contributed by atoms with van der Waals surface area (Å²) < 4.78 is 0. The van der Waals surface area contributed by atoms with E-state index in [2.05, 4.69) is 18.8 Å². The lowest BCUT2D eigenvalue weighted by Crippen LogP contribution is -2.17. The summed E-state index contributed by atoms with van der Waals surface area (Å²) in [5, 5.41) is 10.5. The average molecular weight is 159 g/mol. The maximum atomic E-state index is 8.83. The average Bonchev–Trinajstić information content (AvgIpc) is 2.30. The molecule has 0 bridgehead atoms. The Hall–Kier alpha value is -0.0200. The van der Waals surface area contributed by atoms with E-state index in [1.807, 2.05) is 0 Å². The number of rotatable bonds is 2. The van der Waals surface area contributed by atoms with Gasteiger partial charge in [0.05, 0.1) is 17.7 Å². The van der Waals surface area contributed by atoms with E-state index >= 15 is 0 Å². The van der Waals surface area contributed by atoms with Crippen LogP contribution in [0.1, 0.15) is 20.3 Å². The molecule has 0 aromatic heterocycles. The molecule has 1 N–H and O–H groups in total. The Morgan fingerprint density at radius 3 is 2.70 bits per heavy atom. The summed E-state index contributed by atoms with van der Waals surface area (Å²) in [7, 11) is 0. The molecule has 1 rings (SSSR count). The van der Waals surface area contributed by atoms with Crippen LogP contribution < -0.4 is 0 Å². The highest BCUT2D eigenvalue weighted by Gasteiger charge is 2.24. The summed E-state index contributed by atoms with van der Waals surface area (Å²) in [6.45, 7) is 4.40. The Labute approximate surface area is 65.7 Å². The smallest absolute Gasteiger partial charge is 0.0859 e. The number of hydrogen-bond donors (Lipinski definition) is 1. The lowest BCUT2D eigenvalue weighted by molar-refractivity contribution is 0.268. The molecule has 2 unspecified atom stereocenters. The third kappa shape index (κ3) is 1.52. The Morgan fingerprint density at radius 2 is 2.40 bits per heavy atom. The zero-order chi connectivity index (χ0) is 7.56. The molecule has 0 aromatic carbocycles. The number of aliphatic imine (C=N–C) groups is 1. The van der Waals surface area contributed by atoms with Crippen molar-refractivity contribution in [2.75, 3.05) is 6.61 Å². The molecule has 0 saturated carbocycles. The second-order valence-electron chi connectivity index (χ2n) is 2.45. The number of nitrogens with zero attached hydrogens (tertiary/aromatic N) is 1. The van der Waals surface area contributed by atoms with Gasteiger partial charge in [0, 0.05) is 5.25 Å². The molecule has 2 atom stereocenters. The van der Waals surface area contributed by atoms with Crippen LogP contribution in [-0.2, 0) is 0 Å². The van der Waals surface area contributed by atoms with Gasteiger partial charge >= 0.3 is 0 Å². The van der Waals surface area contributed by atoms with E-state index < -0.39 is 0 Å². The van der Waals surface area contributed by atoms with Gasteiger partial charge in [0.15, 0.2) is 0 Å². The van der Waals surface area contributed by atoms with Crippen molar-refractivity contribution in [2.45, 2.75) is 31.6 Å². The lowest BCUT2D eigenvalue weighted by atomic mass is 10.2. The Bertz CT molecular complexity index is 147. The summed E-state index contributed by atoms with van der Waals surface area (Å²) in [4.78, 5) is 4.34. The monoisotopic (exact) mass is 159 g/mol. The Kier molecular flexibility index (Phi) is 2.74. The first-order chi connectivity index (χ1) is 4.77. The summed E-state index contributed by atoms with van der Waals surface area (Å²) in [5.74, 6) is 0. The van der Waals surface area contributed by atoms with Crippen molar-refractivity contribution >= 4 is 16.8 Å². The normalized spacial score (nSPS) is 32.5. The van der Waals surface area contributed by atoms with Crippen LogP contribution in [0, 0.1) is 0 Å². The third-order valence-electron chi connectivity index (χ3n) is 1.66. The van der Waals surface area contributed by atoms with Crippen LogP contribution in [0.2, 0.25) is 0 Å². The molecule has 0 spiro atoms. The Balaban J connectivity index is 2.52. The second-order valence-corrected chi connectivity index (χ2v) is 3.90. The highest BCUT2D eigenvalue weighted by molar-refractivity contribution is 8.14. The first-order valence-electron chi connectivity index (χ1n) is 3.62. The van der Waals surface area contributed by atoms with Gasteiger partial charge in [0.25, 0.3) is 0 Å². The predicted molar refractivity (Wildman–Crippen MR) is 45.7 cm³/mol. The molecule has 0 saturated heterocycles. The van der Waals surface area contributed by atoms with Gasteiger partial charge in [-0.1, -0.05) is 13.8 Å². The fourth-order valence-electron chi connectivity index (χ4n) is 0.977. The summed E-state index contributed by atoms with van der Waals surface area (Å²) >= 11 is 1.79. The fraction of sp³-hybridized carbons (Fsp3) is 0.857. The molecular weight excluding hydrogens is 146 g/mol. The van der Waals surface area contributed by atoms with E-state index in [4.69, 9.17) is 5.11 Å². The van der Waals surface area contributed by atoms with Crippen LogP contribution >= 0.6 is 11.8 Å². The first-order valence-corrected chi connectivity index (χ1v) is 4.50. The van der Waals surface area contributed by atoms with Crippen molar-refractivity contribution < 1.29 is 5.11 Å². The van der Waals surface area contributed by atoms with Crippen LogP contribution in [0.5, 0.6) is 0 Å². The molecular formula is C7H13NOS. The zero-order valence-corrected chi connectivity index (χ0v) is 7.19. The highest BCUT2D eigenvalue weighted by Crippen LogP contribution is 2.27.